The number of carbonyl (C=O) groups is 3. The van der Waals surface area contributed by atoms with E-state index in [4.69, 9.17) is 22.1 Å². The lowest BCUT2D eigenvalue weighted by atomic mass is 10.1. The second-order valence-corrected chi connectivity index (χ2v) is 6.46. The number of carbonyl (C=O) groups excluding carboxylic acids is 1. The van der Waals surface area contributed by atoms with Crippen molar-refractivity contribution in [3.05, 3.63) is 34.7 Å². The van der Waals surface area contributed by atoms with Gasteiger partial charge >= 0.3 is 11.9 Å². The Labute approximate surface area is 146 Å². The van der Waals surface area contributed by atoms with Crippen LogP contribution < -0.4 is 4.74 Å². The van der Waals surface area contributed by atoms with E-state index in [1.807, 2.05) is 0 Å². The molecule has 2 rings (SSSR count). The number of amides is 1. The number of methoxy groups -OCH3 is 1. The number of carboxylic acid groups (broad SMARTS) is 2. The summed E-state index contributed by atoms with van der Waals surface area (Å²) in [6, 6.07) is 5.41. The first-order valence-corrected chi connectivity index (χ1v) is 7.91. The molecule has 1 aromatic carbocycles. The molecule has 1 aromatic rings. The van der Waals surface area contributed by atoms with Crippen molar-refractivity contribution in [1.29, 1.82) is 0 Å². The quantitative estimate of drug-likeness (QED) is 0.580. The van der Waals surface area contributed by atoms with Gasteiger partial charge in [-0.3, -0.25) is 14.5 Å². The van der Waals surface area contributed by atoms with Gasteiger partial charge < -0.3 is 14.9 Å². The van der Waals surface area contributed by atoms with Gasteiger partial charge in [0, 0.05) is 0 Å². The van der Waals surface area contributed by atoms with Gasteiger partial charge in [0.25, 0.3) is 5.91 Å². The fourth-order valence-corrected chi connectivity index (χ4v) is 3.44. The minimum atomic E-state index is -1.54. The topological polar surface area (TPSA) is 104 Å². The van der Waals surface area contributed by atoms with Crippen LogP contribution in [0.2, 0.25) is 0 Å². The normalized spacial score (nSPS) is 17.2. The maximum atomic E-state index is 12.5. The number of rotatable bonds is 6. The Hall–Kier alpha value is -2.39. The molecule has 0 aromatic heterocycles. The molecule has 1 atom stereocenters. The number of hydrogen-bond donors (Lipinski definition) is 2. The zero-order valence-electron chi connectivity index (χ0n) is 12.5. The van der Waals surface area contributed by atoms with Crippen LogP contribution in [0.25, 0.3) is 6.08 Å². The zero-order chi connectivity index (χ0) is 17.9. The number of hydrogen-bond acceptors (Lipinski definition) is 6. The van der Waals surface area contributed by atoms with Crippen molar-refractivity contribution in [2.45, 2.75) is 12.5 Å². The van der Waals surface area contributed by atoms with E-state index in [1.54, 1.807) is 30.3 Å². The molecule has 1 fully saturated rings. The summed E-state index contributed by atoms with van der Waals surface area (Å²) < 4.78 is 5.12. The summed E-state index contributed by atoms with van der Waals surface area (Å²) >= 11 is 5.99. The van der Waals surface area contributed by atoms with E-state index in [0.717, 1.165) is 16.7 Å². The van der Waals surface area contributed by atoms with Gasteiger partial charge in [-0.15, -0.1) is 0 Å². The van der Waals surface area contributed by atoms with Gasteiger partial charge in [-0.05, 0) is 23.8 Å². The number of carboxylic acids is 2. The van der Waals surface area contributed by atoms with Crippen LogP contribution in [0.4, 0.5) is 0 Å². The molecule has 24 heavy (non-hydrogen) atoms. The van der Waals surface area contributed by atoms with Crippen LogP contribution in [0.3, 0.4) is 0 Å². The minimum Gasteiger partial charge on any atom is -0.497 e. The smallest absolute Gasteiger partial charge is 0.327 e. The van der Waals surface area contributed by atoms with E-state index in [-0.39, 0.29) is 9.23 Å². The summed E-state index contributed by atoms with van der Waals surface area (Å²) in [5, 5.41) is 18.0. The second-order valence-electron chi connectivity index (χ2n) is 4.78. The van der Waals surface area contributed by atoms with Gasteiger partial charge in [-0.25, -0.2) is 4.79 Å². The fraction of sp³-hybridized carbons (Fsp3) is 0.200. The van der Waals surface area contributed by atoms with E-state index in [2.05, 4.69) is 0 Å². The van der Waals surface area contributed by atoms with Gasteiger partial charge in [-0.1, -0.05) is 36.1 Å². The lowest BCUT2D eigenvalue weighted by molar-refractivity contribution is -0.150. The summed E-state index contributed by atoms with van der Waals surface area (Å²) in [5.41, 5.74) is 0.681. The molecular formula is C15H13NO6S2. The zero-order valence-corrected chi connectivity index (χ0v) is 14.1. The molecular weight excluding hydrogens is 354 g/mol. The highest BCUT2D eigenvalue weighted by Gasteiger charge is 2.41. The molecule has 2 N–H and O–H groups in total. The van der Waals surface area contributed by atoms with Crippen molar-refractivity contribution in [2.24, 2.45) is 0 Å². The molecule has 1 saturated heterocycles. The van der Waals surface area contributed by atoms with Crippen molar-refractivity contribution in [3.63, 3.8) is 0 Å². The monoisotopic (exact) mass is 367 g/mol. The number of ether oxygens (including phenoxy) is 1. The molecule has 1 aliphatic heterocycles. The molecule has 126 valence electrons. The van der Waals surface area contributed by atoms with E-state index < -0.39 is 30.3 Å². The van der Waals surface area contributed by atoms with Gasteiger partial charge in [0.15, 0.2) is 0 Å². The largest absolute Gasteiger partial charge is 0.497 e. The van der Waals surface area contributed by atoms with Gasteiger partial charge in [-0.2, -0.15) is 0 Å². The van der Waals surface area contributed by atoms with Crippen LogP contribution >= 0.6 is 24.0 Å². The Bertz CT molecular complexity index is 745. The summed E-state index contributed by atoms with van der Waals surface area (Å²) in [6.45, 7) is 0. The Morgan fingerprint density at radius 3 is 2.71 bits per heavy atom. The first-order chi connectivity index (χ1) is 11.3. The highest BCUT2D eigenvalue weighted by Crippen LogP contribution is 2.35. The van der Waals surface area contributed by atoms with Gasteiger partial charge in [0.2, 0.25) is 0 Å². The number of benzene rings is 1. The molecule has 1 amide bonds. The Kier molecular flexibility index (Phi) is 5.58. The summed E-state index contributed by atoms with van der Waals surface area (Å²) in [7, 11) is 1.52. The maximum absolute atomic E-state index is 12.5. The molecule has 0 radical (unpaired) electrons. The van der Waals surface area contributed by atoms with E-state index in [1.165, 1.54) is 7.11 Å². The van der Waals surface area contributed by atoms with Crippen LogP contribution in [0.15, 0.2) is 29.2 Å². The van der Waals surface area contributed by atoms with Crippen molar-refractivity contribution in [2.75, 3.05) is 7.11 Å². The molecule has 1 aliphatic rings. The van der Waals surface area contributed by atoms with Crippen molar-refractivity contribution in [1.82, 2.24) is 4.90 Å². The molecule has 0 saturated carbocycles. The average Bonchev–Trinajstić information content (AvgIpc) is 2.79. The fourth-order valence-electron chi connectivity index (χ4n) is 2.09. The Morgan fingerprint density at radius 2 is 2.12 bits per heavy atom. The maximum Gasteiger partial charge on any atom is 0.327 e. The standard InChI is InChI=1S/C15H13NO6S2/c1-22-9-4-2-3-8(5-9)6-11-13(19)16(15(23)24-11)10(14(20)21)7-12(17)18/h2-6,10H,7H2,1H3,(H,17,18)(H,20,21)/b11-6+/t10-/m1/s1. The van der Waals surface area contributed by atoms with E-state index in [9.17, 15) is 19.5 Å². The predicted molar refractivity (Wildman–Crippen MR) is 91.7 cm³/mol. The van der Waals surface area contributed by atoms with E-state index in [0.29, 0.717) is 11.3 Å². The number of thiocarbonyl (C=S) groups is 1. The first kappa shape index (κ1) is 18.0. The highest BCUT2D eigenvalue weighted by molar-refractivity contribution is 8.26. The van der Waals surface area contributed by atoms with Crippen molar-refractivity contribution >= 4 is 52.2 Å². The van der Waals surface area contributed by atoms with Crippen LogP contribution in [0.1, 0.15) is 12.0 Å². The predicted octanol–water partition coefficient (Wildman–Crippen LogP) is 1.82. The summed E-state index contributed by atoms with van der Waals surface area (Å²) in [5.74, 6) is -2.76. The lowest BCUT2D eigenvalue weighted by Gasteiger charge is -2.21. The van der Waals surface area contributed by atoms with Gasteiger partial charge in [0.1, 0.15) is 16.1 Å². The Balaban J connectivity index is 2.31. The molecule has 0 aliphatic carbocycles. The van der Waals surface area contributed by atoms with Crippen LogP contribution in [0.5, 0.6) is 5.75 Å². The third-order valence-electron chi connectivity index (χ3n) is 3.18. The van der Waals surface area contributed by atoms with Crippen LogP contribution in [-0.2, 0) is 14.4 Å². The molecule has 9 heteroatoms. The third-order valence-corrected chi connectivity index (χ3v) is 4.51. The third kappa shape index (κ3) is 3.92. The number of nitrogens with zero attached hydrogens (tertiary/aromatic N) is 1. The number of aliphatic carboxylic acids is 2. The molecule has 0 unspecified atom stereocenters. The average molecular weight is 367 g/mol. The van der Waals surface area contributed by atoms with Gasteiger partial charge in [0.05, 0.1) is 18.4 Å². The lowest BCUT2D eigenvalue weighted by Crippen LogP contribution is -2.45. The van der Waals surface area contributed by atoms with E-state index >= 15 is 0 Å². The second kappa shape index (κ2) is 7.45. The minimum absolute atomic E-state index is 0.0165. The van der Waals surface area contributed by atoms with Crippen LogP contribution in [-0.4, -0.2) is 50.4 Å². The summed E-state index contributed by atoms with van der Waals surface area (Å²) in [6.07, 6.45) is 0.829. The summed E-state index contributed by atoms with van der Waals surface area (Å²) in [4.78, 5) is 35.7. The molecule has 0 spiro atoms. The molecule has 7 nitrogen and oxygen atoms in total. The molecule has 0 bridgehead atoms. The van der Waals surface area contributed by atoms with Crippen molar-refractivity contribution < 1.29 is 29.3 Å². The number of thioether (sulfide) groups is 1. The SMILES string of the molecule is COc1cccc(/C=C2/SC(=S)N([C@H](CC(=O)O)C(=O)O)C2=O)c1. The van der Waals surface area contributed by atoms with Crippen molar-refractivity contribution in [3.8, 4) is 5.75 Å². The Morgan fingerprint density at radius 1 is 1.42 bits per heavy atom. The van der Waals surface area contributed by atoms with Crippen LogP contribution in [0, 0.1) is 0 Å². The first-order valence-electron chi connectivity index (χ1n) is 6.69. The molecule has 1 heterocycles. The highest BCUT2D eigenvalue weighted by atomic mass is 32.2.